The third kappa shape index (κ3) is 5.48. The van der Waals surface area contributed by atoms with Crippen molar-refractivity contribution in [3.05, 3.63) is 54.0 Å². The average molecular weight is 453 g/mol. The second-order valence-electron chi connectivity index (χ2n) is 8.83. The van der Waals surface area contributed by atoms with E-state index in [9.17, 15) is 9.90 Å². The lowest BCUT2D eigenvalue weighted by atomic mass is 9.84. The van der Waals surface area contributed by atoms with Crippen molar-refractivity contribution in [3.63, 3.8) is 0 Å². The standard InChI is InChI=1S/C24H32N6O3/c1-33-28-22(20-4-2-3-10-26-20)24(32)8-14-30(15-9-24)23(31)19-6-12-29(13-7-19)17-18-5-11-27-21(25)16-18/h2-5,10-11,16,19,32H,6-9,12-15,17H2,1H3,(H2,25,27). The molecule has 0 radical (unpaired) electrons. The van der Waals surface area contributed by atoms with Gasteiger partial charge in [-0.1, -0.05) is 11.2 Å². The number of amides is 1. The Balaban J connectivity index is 1.31. The molecule has 0 aromatic carbocycles. The molecule has 0 spiro atoms. The van der Waals surface area contributed by atoms with Crippen LogP contribution in [-0.4, -0.2) is 75.4 Å². The summed E-state index contributed by atoms with van der Waals surface area (Å²) in [6.45, 7) is 3.55. The summed E-state index contributed by atoms with van der Waals surface area (Å²) in [5.41, 5.74) is 6.76. The van der Waals surface area contributed by atoms with E-state index < -0.39 is 5.60 Å². The molecule has 176 valence electrons. The van der Waals surface area contributed by atoms with E-state index >= 15 is 0 Å². The highest BCUT2D eigenvalue weighted by molar-refractivity contribution is 6.05. The van der Waals surface area contributed by atoms with Crippen LogP contribution in [0.4, 0.5) is 5.82 Å². The van der Waals surface area contributed by atoms with Gasteiger partial charge >= 0.3 is 0 Å². The molecule has 4 heterocycles. The molecule has 0 aliphatic carbocycles. The monoisotopic (exact) mass is 452 g/mol. The van der Waals surface area contributed by atoms with E-state index in [1.54, 1.807) is 18.5 Å². The fourth-order valence-corrected chi connectivity index (χ4v) is 4.75. The smallest absolute Gasteiger partial charge is 0.225 e. The Hall–Kier alpha value is -3.04. The Bertz CT molecular complexity index is 967. The second kappa shape index (κ2) is 10.3. The van der Waals surface area contributed by atoms with Gasteiger partial charge in [0.2, 0.25) is 5.91 Å². The van der Waals surface area contributed by atoms with Gasteiger partial charge in [-0.05, 0) is 68.6 Å². The minimum Gasteiger partial charge on any atom is -0.399 e. The molecular weight excluding hydrogens is 420 g/mol. The fourth-order valence-electron chi connectivity index (χ4n) is 4.75. The first-order valence-corrected chi connectivity index (χ1v) is 11.5. The van der Waals surface area contributed by atoms with Gasteiger partial charge in [-0.3, -0.25) is 14.7 Å². The van der Waals surface area contributed by atoms with Gasteiger partial charge in [-0.15, -0.1) is 0 Å². The third-order valence-electron chi connectivity index (χ3n) is 6.62. The molecule has 2 aromatic rings. The summed E-state index contributed by atoms with van der Waals surface area (Å²) in [5.74, 6) is 0.746. The van der Waals surface area contributed by atoms with Gasteiger partial charge in [0.15, 0.2) is 0 Å². The van der Waals surface area contributed by atoms with Crippen LogP contribution in [0.15, 0.2) is 47.9 Å². The number of nitrogens with zero attached hydrogens (tertiary/aromatic N) is 5. The lowest BCUT2D eigenvalue weighted by Crippen LogP contribution is -2.53. The van der Waals surface area contributed by atoms with Gasteiger partial charge in [-0.25, -0.2) is 4.98 Å². The Morgan fingerprint density at radius 2 is 1.94 bits per heavy atom. The van der Waals surface area contributed by atoms with Crippen LogP contribution in [0.2, 0.25) is 0 Å². The number of anilines is 1. The molecule has 2 aliphatic rings. The van der Waals surface area contributed by atoms with Crippen molar-refractivity contribution in [2.24, 2.45) is 11.1 Å². The molecule has 0 saturated carbocycles. The van der Waals surface area contributed by atoms with Gasteiger partial charge in [0, 0.05) is 37.9 Å². The molecule has 9 nitrogen and oxygen atoms in total. The van der Waals surface area contributed by atoms with E-state index in [0.717, 1.165) is 38.0 Å². The molecule has 4 rings (SSSR count). The number of oxime groups is 1. The van der Waals surface area contributed by atoms with Gasteiger partial charge in [0.05, 0.1) is 5.69 Å². The van der Waals surface area contributed by atoms with E-state index in [4.69, 9.17) is 10.6 Å². The first kappa shape index (κ1) is 23.1. The minimum atomic E-state index is -1.17. The van der Waals surface area contributed by atoms with Crippen molar-refractivity contribution in [2.45, 2.75) is 37.8 Å². The van der Waals surface area contributed by atoms with Crippen molar-refractivity contribution in [1.29, 1.82) is 0 Å². The Morgan fingerprint density at radius 1 is 1.18 bits per heavy atom. The number of pyridine rings is 2. The lowest BCUT2D eigenvalue weighted by molar-refractivity contribution is -0.139. The zero-order valence-corrected chi connectivity index (χ0v) is 19.1. The zero-order chi connectivity index (χ0) is 23.3. The lowest BCUT2D eigenvalue weighted by Gasteiger charge is -2.40. The Kier molecular flexibility index (Phi) is 7.20. The molecule has 33 heavy (non-hydrogen) atoms. The van der Waals surface area contributed by atoms with Crippen molar-refractivity contribution < 1.29 is 14.7 Å². The second-order valence-corrected chi connectivity index (χ2v) is 8.83. The van der Waals surface area contributed by atoms with Crippen LogP contribution >= 0.6 is 0 Å². The maximum absolute atomic E-state index is 13.2. The molecule has 0 bridgehead atoms. The van der Waals surface area contributed by atoms with Gasteiger partial charge in [-0.2, -0.15) is 0 Å². The van der Waals surface area contributed by atoms with Crippen LogP contribution in [0.1, 0.15) is 36.9 Å². The average Bonchev–Trinajstić information content (AvgIpc) is 2.83. The summed E-state index contributed by atoms with van der Waals surface area (Å²) >= 11 is 0. The number of nitrogen functional groups attached to an aromatic ring is 1. The number of nitrogens with two attached hydrogens (primary N) is 1. The number of rotatable bonds is 6. The summed E-state index contributed by atoms with van der Waals surface area (Å²) < 4.78 is 0. The fraction of sp³-hybridized carbons (Fsp3) is 0.500. The quantitative estimate of drug-likeness (QED) is 0.506. The molecule has 0 atom stereocenters. The summed E-state index contributed by atoms with van der Waals surface area (Å²) in [6.07, 6.45) is 5.88. The zero-order valence-electron chi connectivity index (χ0n) is 19.1. The molecule has 2 aromatic heterocycles. The molecule has 9 heteroatoms. The molecule has 0 unspecified atom stereocenters. The highest BCUT2D eigenvalue weighted by atomic mass is 16.6. The van der Waals surface area contributed by atoms with Crippen molar-refractivity contribution in [3.8, 4) is 0 Å². The summed E-state index contributed by atoms with van der Waals surface area (Å²) in [6, 6.07) is 9.36. The molecule has 3 N–H and O–H groups in total. The number of aromatic nitrogens is 2. The Labute approximate surface area is 194 Å². The minimum absolute atomic E-state index is 0.0258. The first-order chi connectivity index (χ1) is 16.0. The number of piperidine rings is 2. The van der Waals surface area contributed by atoms with E-state index in [1.807, 2.05) is 29.2 Å². The number of carbonyl (C=O) groups is 1. The maximum Gasteiger partial charge on any atom is 0.225 e. The Morgan fingerprint density at radius 3 is 2.58 bits per heavy atom. The van der Waals surface area contributed by atoms with E-state index in [0.29, 0.717) is 43.2 Å². The van der Waals surface area contributed by atoms with Crippen LogP contribution in [0.25, 0.3) is 0 Å². The van der Waals surface area contributed by atoms with Gasteiger partial charge in [0.1, 0.15) is 24.2 Å². The normalized spacial score (nSPS) is 19.9. The molecular formula is C24H32N6O3. The van der Waals surface area contributed by atoms with E-state index in [-0.39, 0.29) is 11.8 Å². The van der Waals surface area contributed by atoms with Crippen LogP contribution in [0.3, 0.4) is 0 Å². The molecule has 1 amide bonds. The van der Waals surface area contributed by atoms with Crippen molar-refractivity contribution >= 4 is 17.4 Å². The number of likely N-dealkylation sites (tertiary alicyclic amines) is 2. The predicted octanol–water partition coefficient (Wildman–Crippen LogP) is 1.67. The largest absolute Gasteiger partial charge is 0.399 e. The summed E-state index contributed by atoms with van der Waals surface area (Å²) in [5, 5.41) is 15.4. The number of aliphatic hydroxyl groups is 1. The predicted molar refractivity (Wildman–Crippen MR) is 125 cm³/mol. The third-order valence-corrected chi connectivity index (χ3v) is 6.62. The van der Waals surface area contributed by atoms with Crippen LogP contribution < -0.4 is 5.73 Å². The highest BCUT2D eigenvalue weighted by Crippen LogP contribution is 2.29. The van der Waals surface area contributed by atoms with Crippen LogP contribution in [0, 0.1) is 5.92 Å². The topological polar surface area (TPSA) is 117 Å². The highest BCUT2D eigenvalue weighted by Gasteiger charge is 2.41. The van der Waals surface area contributed by atoms with Gasteiger partial charge < -0.3 is 20.6 Å². The molecule has 2 saturated heterocycles. The summed E-state index contributed by atoms with van der Waals surface area (Å²) in [4.78, 5) is 30.8. The molecule has 2 aliphatic heterocycles. The number of hydrogen-bond donors (Lipinski definition) is 2. The van der Waals surface area contributed by atoms with E-state index in [2.05, 4.69) is 20.0 Å². The first-order valence-electron chi connectivity index (χ1n) is 11.5. The number of hydrogen-bond acceptors (Lipinski definition) is 8. The summed E-state index contributed by atoms with van der Waals surface area (Å²) in [7, 11) is 1.46. The molecule has 2 fully saturated rings. The van der Waals surface area contributed by atoms with Crippen molar-refractivity contribution in [1.82, 2.24) is 19.8 Å². The number of carbonyl (C=O) groups excluding carboxylic acids is 1. The maximum atomic E-state index is 13.2. The van der Waals surface area contributed by atoms with E-state index in [1.165, 1.54) is 7.11 Å². The van der Waals surface area contributed by atoms with Crippen LogP contribution in [-0.2, 0) is 16.2 Å². The SMILES string of the molecule is CON=C(c1ccccn1)C1(O)CCN(C(=O)C2CCN(Cc3ccnc(N)c3)CC2)CC1. The van der Waals surface area contributed by atoms with Crippen LogP contribution in [0.5, 0.6) is 0 Å². The van der Waals surface area contributed by atoms with Gasteiger partial charge in [0.25, 0.3) is 0 Å². The van der Waals surface area contributed by atoms with Crippen molar-refractivity contribution in [2.75, 3.05) is 39.0 Å².